The van der Waals surface area contributed by atoms with E-state index in [4.69, 9.17) is 21.1 Å². The zero-order valence-corrected chi connectivity index (χ0v) is 19.4. The van der Waals surface area contributed by atoms with Crippen molar-refractivity contribution >= 4 is 23.2 Å². The van der Waals surface area contributed by atoms with Crippen LogP contribution in [0.25, 0.3) is 5.69 Å². The number of amides is 1. The molecule has 0 aliphatic heterocycles. The minimum atomic E-state index is -2.63. The first-order valence-corrected chi connectivity index (χ1v) is 10.9. The van der Waals surface area contributed by atoms with Gasteiger partial charge in [0.25, 0.3) is 5.91 Å². The Morgan fingerprint density at radius 3 is 2.53 bits per heavy atom. The SMILES string of the molecule is COc1cc(NC(=O)c2nn(-c3ccc(Cl)cc3)cc2CO)ccc1OCC1(C)CC(F)(F)C1. The Hall–Kier alpha value is -3.17. The third-order valence-corrected chi connectivity index (χ3v) is 5.89. The molecule has 1 heterocycles. The van der Waals surface area contributed by atoms with Crippen molar-refractivity contribution in [3.05, 3.63) is 64.9 Å². The van der Waals surface area contributed by atoms with Gasteiger partial charge in [-0.2, -0.15) is 5.10 Å². The second-order valence-corrected chi connectivity index (χ2v) is 9.15. The summed E-state index contributed by atoms with van der Waals surface area (Å²) < 4.78 is 39.1. The Morgan fingerprint density at radius 1 is 1.21 bits per heavy atom. The first-order valence-electron chi connectivity index (χ1n) is 10.6. The molecule has 7 nitrogen and oxygen atoms in total. The van der Waals surface area contributed by atoms with Gasteiger partial charge < -0.3 is 19.9 Å². The third kappa shape index (κ3) is 5.15. The van der Waals surface area contributed by atoms with Gasteiger partial charge in [-0.3, -0.25) is 4.79 Å². The van der Waals surface area contributed by atoms with E-state index in [-0.39, 0.29) is 31.7 Å². The Morgan fingerprint density at radius 2 is 1.91 bits per heavy atom. The number of hydrogen-bond acceptors (Lipinski definition) is 5. The number of rotatable bonds is 8. The van der Waals surface area contributed by atoms with E-state index >= 15 is 0 Å². The van der Waals surface area contributed by atoms with Gasteiger partial charge in [0.15, 0.2) is 17.2 Å². The predicted molar refractivity (Wildman–Crippen MR) is 123 cm³/mol. The van der Waals surface area contributed by atoms with Crippen molar-refractivity contribution < 1.29 is 28.2 Å². The summed E-state index contributed by atoms with van der Waals surface area (Å²) in [6.07, 6.45) is 1.14. The molecule has 180 valence electrons. The van der Waals surface area contributed by atoms with Crippen LogP contribution in [-0.4, -0.2) is 40.4 Å². The minimum absolute atomic E-state index is 0.0654. The Balaban J connectivity index is 1.47. The molecule has 2 N–H and O–H groups in total. The predicted octanol–water partition coefficient (Wildman–Crippen LogP) is 5.09. The minimum Gasteiger partial charge on any atom is -0.493 e. The van der Waals surface area contributed by atoms with E-state index in [1.54, 1.807) is 55.6 Å². The van der Waals surface area contributed by atoms with Gasteiger partial charge >= 0.3 is 0 Å². The highest BCUT2D eigenvalue weighted by atomic mass is 35.5. The molecule has 1 saturated carbocycles. The van der Waals surface area contributed by atoms with E-state index in [1.165, 1.54) is 11.8 Å². The van der Waals surface area contributed by atoms with Crippen molar-refractivity contribution in [2.75, 3.05) is 19.0 Å². The molecule has 0 atom stereocenters. The van der Waals surface area contributed by atoms with Crippen molar-refractivity contribution in [1.29, 1.82) is 0 Å². The standard InChI is InChI=1S/C24H24ClF2N3O4/c1-23(12-24(26,27)13-23)14-34-19-8-5-17(9-20(19)33-2)28-22(32)21-15(11-31)10-30(29-21)18-6-3-16(25)4-7-18/h3-10,31H,11-14H2,1-2H3,(H,28,32). The van der Waals surface area contributed by atoms with Gasteiger partial charge in [0.1, 0.15) is 0 Å². The molecule has 1 aromatic heterocycles. The lowest BCUT2D eigenvalue weighted by molar-refractivity contribution is -0.164. The summed E-state index contributed by atoms with van der Waals surface area (Å²) >= 11 is 5.92. The van der Waals surface area contributed by atoms with E-state index < -0.39 is 17.2 Å². The monoisotopic (exact) mass is 491 g/mol. The van der Waals surface area contributed by atoms with Crippen molar-refractivity contribution in [2.24, 2.45) is 5.41 Å². The Bertz CT molecular complexity index is 1190. The molecule has 0 spiro atoms. The van der Waals surface area contributed by atoms with Crippen LogP contribution in [0.1, 0.15) is 35.8 Å². The van der Waals surface area contributed by atoms with Crippen molar-refractivity contribution in [3.8, 4) is 17.2 Å². The summed E-state index contributed by atoms with van der Waals surface area (Å²) in [5, 5.41) is 17.3. The second-order valence-electron chi connectivity index (χ2n) is 8.71. The van der Waals surface area contributed by atoms with Gasteiger partial charge in [0, 0.05) is 46.8 Å². The van der Waals surface area contributed by atoms with E-state index in [0.29, 0.717) is 33.5 Å². The van der Waals surface area contributed by atoms with Crippen LogP contribution in [0.2, 0.25) is 5.02 Å². The topological polar surface area (TPSA) is 85.6 Å². The molecule has 0 bridgehead atoms. The van der Waals surface area contributed by atoms with Crippen LogP contribution in [0.15, 0.2) is 48.7 Å². The normalized spacial score (nSPS) is 15.9. The summed E-state index contributed by atoms with van der Waals surface area (Å²) in [6.45, 7) is 1.52. The highest BCUT2D eigenvalue weighted by Crippen LogP contribution is 2.52. The van der Waals surface area contributed by atoms with Crippen LogP contribution < -0.4 is 14.8 Å². The lowest BCUT2D eigenvalue weighted by atomic mass is 9.68. The van der Waals surface area contributed by atoms with Crippen LogP contribution in [-0.2, 0) is 6.61 Å². The number of anilines is 1. The van der Waals surface area contributed by atoms with E-state index in [0.717, 1.165) is 0 Å². The van der Waals surface area contributed by atoms with Crippen LogP contribution >= 0.6 is 11.6 Å². The highest BCUT2D eigenvalue weighted by Gasteiger charge is 2.54. The zero-order valence-electron chi connectivity index (χ0n) is 18.6. The van der Waals surface area contributed by atoms with Crippen molar-refractivity contribution in [1.82, 2.24) is 9.78 Å². The van der Waals surface area contributed by atoms with E-state index in [2.05, 4.69) is 10.4 Å². The average molecular weight is 492 g/mol. The van der Waals surface area contributed by atoms with Gasteiger partial charge in [0.2, 0.25) is 5.92 Å². The molecule has 0 unspecified atom stereocenters. The Kier molecular flexibility index (Phi) is 6.51. The maximum absolute atomic E-state index is 13.2. The third-order valence-electron chi connectivity index (χ3n) is 5.64. The molecule has 1 aliphatic carbocycles. The van der Waals surface area contributed by atoms with Gasteiger partial charge in [-0.05, 0) is 36.4 Å². The fourth-order valence-corrected chi connectivity index (χ4v) is 4.17. The smallest absolute Gasteiger partial charge is 0.276 e. The van der Waals surface area contributed by atoms with Gasteiger partial charge in [0.05, 0.1) is 26.0 Å². The summed E-state index contributed by atoms with van der Waals surface area (Å²) in [4.78, 5) is 12.9. The number of methoxy groups -OCH3 is 1. The average Bonchev–Trinajstić information content (AvgIpc) is 3.22. The number of carbonyl (C=O) groups is 1. The van der Waals surface area contributed by atoms with Crippen LogP contribution in [0.3, 0.4) is 0 Å². The number of alkyl halides is 2. The zero-order chi connectivity index (χ0) is 24.5. The summed E-state index contributed by atoms with van der Waals surface area (Å²) in [7, 11) is 1.45. The first-order chi connectivity index (χ1) is 16.1. The first kappa shape index (κ1) is 24.0. The van der Waals surface area contributed by atoms with Gasteiger partial charge in [-0.1, -0.05) is 18.5 Å². The van der Waals surface area contributed by atoms with Crippen LogP contribution in [0, 0.1) is 5.41 Å². The number of halogens is 3. The summed E-state index contributed by atoms with van der Waals surface area (Å²) in [6, 6.07) is 11.7. The maximum Gasteiger partial charge on any atom is 0.276 e. The van der Waals surface area contributed by atoms with E-state index in [9.17, 15) is 18.7 Å². The number of ether oxygens (including phenoxy) is 2. The molecule has 0 radical (unpaired) electrons. The second kappa shape index (κ2) is 9.23. The largest absolute Gasteiger partial charge is 0.493 e. The lowest BCUT2D eigenvalue weighted by Crippen LogP contribution is -2.47. The molecular weight excluding hydrogens is 468 g/mol. The molecule has 10 heteroatoms. The lowest BCUT2D eigenvalue weighted by Gasteiger charge is -2.44. The number of carbonyl (C=O) groups excluding carboxylic acids is 1. The fourth-order valence-electron chi connectivity index (χ4n) is 4.05. The fraction of sp³-hybridized carbons (Fsp3) is 0.333. The molecule has 1 aliphatic rings. The van der Waals surface area contributed by atoms with Gasteiger partial charge in [-0.15, -0.1) is 0 Å². The number of aliphatic hydroxyl groups is 1. The number of hydrogen-bond donors (Lipinski definition) is 2. The summed E-state index contributed by atoms with van der Waals surface area (Å²) in [5.41, 5.74) is 0.922. The molecule has 4 rings (SSSR count). The quantitative estimate of drug-likeness (QED) is 0.458. The number of aliphatic hydroxyl groups excluding tert-OH is 1. The maximum atomic E-state index is 13.2. The Labute approximate surface area is 200 Å². The molecular formula is C24H24ClF2N3O4. The van der Waals surface area contributed by atoms with Crippen LogP contribution in [0.4, 0.5) is 14.5 Å². The summed E-state index contributed by atoms with van der Waals surface area (Å²) in [5.74, 6) is -2.41. The number of nitrogens with zero attached hydrogens (tertiary/aromatic N) is 2. The molecule has 2 aromatic carbocycles. The van der Waals surface area contributed by atoms with Gasteiger partial charge in [-0.25, -0.2) is 13.5 Å². The van der Waals surface area contributed by atoms with E-state index in [1.807, 2.05) is 0 Å². The number of aromatic nitrogens is 2. The molecule has 34 heavy (non-hydrogen) atoms. The number of nitrogens with one attached hydrogen (secondary N) is 1. The highest BCUT2D eigenvalue weighted by molar-refractivity contribution is 6.30. The van der Waals surface area contributed by atoms with Crippen molar-refractivity contribution in [2.45, 2.75) is 32.3 Å². The molecule has 1 amide bonds. The number of benzene rings is 2. The van der Waals surface area contributed by atoms with Crippen LogP contribution in [0.5, 0.6) is 11.5 Å². The molecule has 1 fully saturated rings. The van der Waals surface area contributed by atoms with Crippen molar-refractivity contribution in [3.63, 3.8) is 0 Å². The molecule has 0 saturated heterocycles. The molecule has 3 aromatic rings.